The van der Waals surface area contributed by atoms with E-state index in [1.54, 1.807) is 6.07 Å². The lowest BCUT2D eigenvalue weighted by atomic mass is 10.2. The lowest BCUT2D eigenvalue weighted by Crippen LogP contribution is -2.14. The number of benzene rings is 1. The zero-order valence-corrected chi connectivity index (χ0v) is 17.3. The molecule has 0 spiro atoms. The van der Waals surface area contributed by atoms with Gasteiger partial charge >= 0.3 is 11.9 Å². The topological polar surface area (TPSA) is 107 Å². The molecule has 1 aromatic carbocycles. The van der Waals surface area contributed by atoms with Crippen LogP contribution in [0.1, 0.15) is 27.8 Å². The molecule has 0 aliphatic heterocycles. The normalized spacial score (nSPS) is 10.6. The van der Waals surface area contributed by atoms with Gasteiger partial charge < -0.3 is 14.8 Å². The Morgan fingerprint density at radius 3 is 2.72 bits per heavy atom. The second kappa shape index (κ2) is 9.48. The largest absolute Gasteiger partial charge is 0.465 e. The van der Waals surface area contributed by atoms with Crippen molar-refractivity contribution < 1.29 is 23.9 Å². The monoisotopic (exact) mass is 431 g/mol. The standard InChI is InChI=1S/C19H17N3O5S2/c1-11(23)27-7-8-28-19-22-14-6-4-13(9-16(14)29-19)21-17(24)15-5-3-12(10-20-15)18(25)26-2/h3-6,9-10H,7-8H2,1-2H3,(H,21,24). The van der Waals surface area contributed by atoms with E-state index in [-0.39, 0.29) is 23.1 Å². The van der Waals surface area contributed by atoms with Gasteiger partial charge in [0.25, 0.3) is 5.91 Å². The first-order valence-corrected chi connectivity index (χ1v) is 10.3. The molecule has 3 rings (SSSR count). The molecule has 8 nitrogen and oxygen atoms in total. The molecule has 150 valence electrons. The summed E-state index contributed by atoms with van der Waals surface area (Å²) in [6, 6.07) is 8.37. The SMILES string of the molecule is COC(=O)c1ccc(C(=O)Nc2ccc3nc(SCCOC(C)=O)sc3c2)nc1. The molecule has 29 heavy (non-hydrogen) atoms. The summed E-state index contributed by atoms with van der Waals surface area (Å²) < 4.78 is 11.3. The van der Waals surface area contributed by atoms with Gasteiger partial charge in [-0.1, -0.05) is 11.8 Å². The number of aromatic nitrogens is 2. The zero-order valence-electron chi connectivity index (χ0n) is 15.6. The van der Waals surface area contributed by atoms with Gasteiger partial charge in [-0.05, 0) is 30.3 Å². The van der Waals surface area contributed by atoms with Crippen LogP contribution in [0.4, 0.5) is 5.69 Å². The first-order valence-electron chi connectivity index (χ1n) is 8.49. The van der Waals surface area contributed by atoms with Gasteiger partial charge in [-0.3, -0.25) is 14.6 Å². The average molecular weight is 431 g/mol. The fourth-order valence-corrected chi connectivity index (χ4v) is 4.31. The maximum absolute atomic E-state index is 12.4. The minimum absolute atomic E-state index is 0.184. The number of carbonyl (C=O) groups is 3. The fraction of sp³-hybridized carbons (Fsp3) is 0.211. The summed E-state index contributed by atoms with van der Waals surface area (Å²) in [6.07, 6.45) is 1.30. The second-order valence-electron chi connectivity index (χ2n) is 5.73. The smallest absolute Gasteiger partial charge is 0.339 e. The second-order valence-corrected chi connectivity index (χ2v) is 8.10. The van der Waals surface area contributed by atoms with Gasteiger partial charge in [-0.2, -0.15) is 0 Å². The Kier molecular flexibility index (Phi) is 6.78. The number of rotatable bonds is 7. The molecule has 2 aromatic heterocycles. The summed E-state index contributed by atoms with van der Waals surface area (Å²) in [5, 5.41) is 2.78. The van der Waals surface area contributed by atoms with Crippen molar-refractivity contribution in [3.05, 3.63) is 47.8 Å². The van der Waals surface area contributed by atoms with Crippen molar-refractivity contribution in [2.45, 2.75) is 11.3 Å². The quantitative estimate of drug-likeness (QED) is 0.345. The molecule has 3 aromatic rings. The Labute approximate surface area is 174 Å². The Bertz CT molecular complexity index is 1050. The Balaban J connectivity index is 1.64. The number of carbonyl (C=O) groups excluding carboxylic acids is 3. The molecule has 0 aliphatic rings. The van der Waals surface area contributed by atoms with Crippen LogP contribution >= 0.6 is 23.1 Å². The van der Waals surface area contributed by atoms with Crippen LogP contribution in [-0.4, -0.2) is 47.3 Å². The van der Waals surface area contributed by atoms with Crippen molar-refractivity contribution in [3.63, 3.8) is 0 Å². The molecule has 0 saturated carbocycles. The van der Waals surface area contributed by atoms with Gasteiger partial charge in [-0.15, -0.1) is 11.3 Å². The van der Waals surface area contributed by atoms with Crippen LogP contribution < -0.4 is 5.32 Å². The highest BCUT2D eigenvalue weighted by atomic mass is 32.2. The summed E-state index contributed by atoms with van der Waals surface area (Å²) in [6.45, 7) is 1.71. The maximum atomic E-state index is 12.4. The molecule has 0 unspecified atom stereocenters. The fourth-order valence-electron chi connectivity index (χ4n) is 2.32. The predicted octanol–water partition coefficient (Wildman–Crippen LogP) is 3.39. The molecule has 0 bridgehead atoms. The van der Waals surface area contributed by atoms with Crippen LogP contribution in [0.25, 0.3) is 10.2 Å². The number of pyridine rings is 1. The molecule has 0 fully saturated rings. The predicted molar refractivity (Wildman–Crippen MR) is 111 cm³/mol. The first-order chi connectivity index (χ1) is 14.0. The van der Waals surface area contributed by atoms with Gasteiger partial charge in [0.1, 0.15) is 12.3 Å². The van der Waals surface area contributed by atoms with Gasteiger partial charge in [0, 0.05) is 24.6 Å². The third kappa shape index (κ3) is 5.52. The minimum atomic E-state index is -0.512. The molecule has 0 radical (unpaired) electrons. The molecule has 0 aliphatic carbocycles. The maximum Gasteiger partial charge on any atom is 0.339 e. The van der Waals surface area contributed by atoms with Crippen molar-refractivity contribution in [2.75, 3.05) is 24.8 Å². The van der Waals surface area contributed by atoms with E-state index < -0.39 is 5.97 Å². The molecular formula is C19H17N3O5S2. The highest BCUT2D eigenvalue weighted by Crippen LogP contribution is 2.31. The summed E-state index contributed by atoms with van der Waals surface area (Å²) >= 11 is 3.00. The number of hydrogen-bond donors (Lipinski definition) is 1. The first kappa shape index (κ1) is 20.7. The summed E-state index contributed by atoms with van der Waals surface area (Å²) in [5.41, 5.74) is 1.89. The number of hydrogen-bond acceptors (Lipinski definition) is 9. The van der Waals surface area contributed by atoms with Gasteiger partial charge in [0.2, 0.25) is 0 Å². The molecular weight excluding hydrogens is 414 g/mol. The van der Waals surface area contributed by atoms with Crippen molar-refractivity contribution in [3.8, 4) is 0 Å². The summed E-state index contributed by atoms with van der Waals surface area (Å²) in [7, 11) is 1.28. The summed E-state index contributed by atoms with van der Waals surface area (Å²) in [5.74, 6) is -0.580. The number of fused-ring (bicyclic) bond motifs is 1. The van der Waals surface area contributed by atoms with Crippen molar-refractivity contribution in [1.82, 2.24) is 9.97 Å². The Morgan fingerprint density at radius 1 is 1.21 bits per heavy atom. The number of amides is 1. The van der Waals surface area contributed by atoms with E-state index in [4.69, 9.17) is 4.74 Å². The molecule has 1 amide bonds. The van der Waals surface area contributed by atoms with E-state index in [0.29, 0.717) is 18.0 Å². The number of thioether (sulfide) groups is 1. The van der Waals surface area contributed by atoms with Crippen LogP contribution in [0.2, 0.25) is 0 Å². The number of methoxy groups -OCH3 is 1. The van der Waals surface area contributed by atoms with Gasteiger partial charge in [-0.25, -0.2) is 9.78 Å². The molecule has 0 saturated heterocycles. The van der Waals surface area contributed by atoms with Gasteiger partial charge in [0.05, 0.1) is 22.9 Å². The van der Waals surface area contributed by atoms with Crippen molar-refractivity contribution >= 4 is 56.8 Å². The van der Waals surface area contributed by atoms with Crippen LogP contribution in [0.3, 0.4) is 0 Å². The van der Waals surface area contributed by atoms with Crippen LogP contribution in [0, 0.1) is 0 Å². The van der Waals surface area contributed by atoms with E-state index in [0.717, 1.165) is 14.6 Å². The molecule has 1 N–H and O–H groups in total. The molecule has 10 heteroatoms. The van der Waals surface area contributed by atoms with Crippen molar-refractivity contribution in [1.29, 1.82) is 0 Å². The number of esters is 2. The third-order valence-electron chi connectivity index (χ3n) is 3.66. The van der Waals surface area contributed by atoms with Crippen LogP contribution in [-0.2, 0) is 14.3 Å². The number of anilines is 1. The lowest BCUT2D eigenvalue weighted by Gasteiger charge is -2.05. The minimum Gasteiger partial charge on any atom is -0.465 e. The number of ether oxygens (including phenoxy) is 2. The highest BCUT2D eigenvalue weighted by Gasteiger charge is 2.12. The van der Waals surface area contributed by atoms with E-state index in [9.17, 15) is 14.4 Å². The summed E-state index contributed by atoms with van der Waals surface area (Å²) in [4.78, 5) is 43.1. The number of nitrogens with one attached hydrogen (secondary N) is 1. The zero-order chi connectivity index (χ0) is 20.8. The number of thiazole rings is 1. The van der Waals surface area contributed by atoms with E-state index in [1.165, 1.54) is 55.5 Å². The average Bonchev–Trinajstić information content (AvgIpc) is 3.12. The van der Waals surface area contributed by atoms with E-state index >= 15 is 0 Å². The molecule has 2 heterocycles. The van der Waals surface area contributed by atoms with E-state index in [2.05, 4.69) is 20.0 Å². The number of nitrogens with zero attached hydrogens (tertiary/aromatic N) is 2. The van der Waals surface area contributed by atoms with Crippen molar-refractivity contribution in [2.24, 2.45) is 0 Å². The van der Waals surface area contributed by atoms with Crippen LogP contribution in [0.15, 0.2) is 40.9 Å². The third-order valence-corrected chi connectivity index (χ3v) is 5.78. The Hall–Kier alpha value is -2.98. The van der Waals surface area contributed by atoms with Crippen LogP contribution in [0.5, 0.6) is 0 Å². The van der Waals surface area contributed by atoms with Gasteiger partial charge in [0.15, 0.2) is 4.34 Å². The van der Waals surface area contributed by atoms with E-state index in [1.807, 2.05) is 12.1 Å². The Morgan fingerprint density at radius 2 is 2.03 bits per heavy atom. The highest BCUT2D eigenvalue weighted by molar-refractivity contribution is 8.01. The molecule has 0 atom stereocenters. The lowest BCUT2D eigenvalue weighted by molar-refractivity contribution is -0.140.